The molecule has 1 atom stereocenters. The quantitative estimate of drug-likeness (QED) is 0.654. The highest BCUT2D eigenvalue weighted by Crippen LogP contribution is 2.12. The fourth-order valence-corrected chi connectivity index (χ4v) is 1.20. The average molecular weight is 196 g/mol. The fraction of sp³-hybridized carbons (Fsp3) is 0.556. The highest BCUT2D eigenvalue weighted by Gasteiger charge is 2.17. The predicted molar refractivity (Wildman–Crippen MR) is 54.1 cm³/mol. The van der Waals surface area contributed by atoms with Crippen molar-refractivity contribution in [1.82, 2.24) is 20.6 Å². The third-order valence-corrected chi connectivity index (χ3v) is 2.09. The number of carbonyl (C=O) groups is 1. The van der Waals surface area contributed by atoms with Crippen molar-refractivity contribution in [3.63, 3.8) is 0 Å². The molecule has 1 heterocycles. The van der Waals surface area contributed by atoms with E-state index in [0.717, 1.165) is 5.69 Å². The molecular weight excluding hydrogens is 180 g/mol. The molecule has 0 fully saturated rings. The van der Waals surface area contributed by atoms with Gasteiger partial charge < -0.3 is 15.6 Å². The van der Waals surface area contributed by atoms with E-state index >= 15 is 0 Å². The highest BCUT2D eigenvalue weighted by atomic mass is 16.1. The van der Waals surface area contributed by atoms with Gasteiger partial charge in [0.05, 0.1) is 12.0 Å². The minimum absolute atomic E-state index is 0.0927. The molecule has 14 heavy (non-hydrogen) atoms. The van der Waals surface area contributed by atoms with E-state index < -0.39 is 0 Å². The molecule has 5 nitrogen and oxygen atoms in total. The number of aromatic nitrogens is 2. The summed E-state index contributed by atoms with van der Waals surface area (Å²) in [7, 11) is 1.84. The third-order valence-electron chi connectivity index (χ3n) is 2.09. The van der Waals surface area contributed by atoms with E-state index in [1.807, 2.05) is 20.9 Å². The summed E-state index contributed by atoms with van der Waals surface area (Å²) in [5.41, 5.74) is 1.28. The first kappa shape index (κ1) is 10.7. The summed E-state index contributed by atoms with van der Waals surface area (Å²) < 4.78 is 0. The summed E-state index contributed by atoms with van der Waals surface area (Å²) in [5.74, 6) is -0.133. The molecule has 1 aromatic heterocycles. The Morgan fingerprint density at radius 3 is 3.00 bits per heavy atom. The molecule has 0 aliphatic rings. The van der Waals surface area contributed by atoms with Gasteiger partial charge >= 0.3 is 0 Å². The first-order valence-corrected chi connectivity index (χ1v) is 4.69. The summed E-state index contributed by atoms with van der Waals surface area (Å²) in [5, 5.41) is 5.77. The number of rotatable bonds is 4. The Labute approximate surface area is 83.3 Å². The van der Waals surface area contributed by atoms with Gasteiger partial charge in [-0.1, -0.05) is 0 Å². The summed E-state index contributed by atoms with van der Waals surface area (Å²) in [6.45, 7) is 4.46. The first-order valence-electron chi connectivity index (χ1n) is 4.69. The number of H-pyrrole nitrogens is 1. The monoisotopic (exact) mass is 196 g/mol. The maximum absolute atomic E-state index is 11.5. The molecule has 0 aliphatic carbocycles. The Balaban J connectivity index is 2.86. The van der Waals surface area contributed by atoms with Gasteiger partial charge in [0, 0.05) is 12.6 Å². The average Bonchev–Trinajstić information content (AvgIpc) is 2.65. The maximum Gasteiger partial charge on any atom is 0.271 e. The minimum atomic E-state index is -0.133. The van der Waals surface area contributed by atoms with E-state index in [1.54, 1.807) is 0 Å². The van der Waals surface area contributed by atoms with Crippen LogP contribution in [0, 0.1) is 0 Å². The van der Waals surface area contributed by atoms with Crippen LogP contribution in [0.5, 0.6) is 0 Å². The molecule has 0 unspecified atom stereocenters. The van der Waals surface area contributed by atoms with Gasteiger partial charge in [-0.25, -0.2) is 4.98 Å². The SMILES string of the molecule is CCNC(=O)c1nc[nH]c1[C@@H](C)NC. The van der Waals surface area contributed by atoms with Crippen molar-refractivity contribution in [2.45, 2.75) is 19.9 Å². The molecule has 3 N–H and O–H groups in total. The van der Waals surface area contributed by atoms with Gasteiger partial charge in [-0.3, -0.25) is 4.79 Å². The lowest BCUT2D eigenvalue weighted by atomic mass is 10.2. The van der Waals surface area contributed by atoms with Crippen molar-refractivity contribution in [1.29, 1.82) is 0 Å². The number of nitrogens with zero attached hydrogens (tertiary/aromatic N) is 1. The molecule has 0 aliphatic heterocycles. The van der Waals surface area contributed by atoms with Gasteiger partial charge in [0.2, 0.25) is 0 Å². The van der Waals surface area contributed by atoms with Crippen LogP contribution < -0.4 is 10.6 Å². The summed E-state index contributed by atoms with van der Waals surface area (Å²) >= 11 is 0. The zero-order chi connectivity index (χ0) is 10.6. The summed E-state index contributed by atoms with van der Waals surface area (Å²) in [4.78, 5) is 18.5. The Hall–Kier alpha value is -1.36. The molecule has 78 valence electrons. The van der Waals surface area contributed by atoms with Crippen molar-refractivity contribution in [2.24, 2.45) is 0 Å². The largest absolute Gasteiger partial charge is 0.351 e. The maximum atomic E-state index is 11.5. The standard InChI is InChI=1S/C9H16N4O/c1-4-11-9(14)8-7(6(2)10-3)12-5-13-8/h5-6,10H,4H2,1-3H3,(H,11,14)(H,12,13)/t6-/m1/s1. The highest BCUT2D eigenvalue weighted by molar-refractivity contribution is 5.93. The normalized spacial score (nSPS) is 12.5. The number of amides is 1. The van der Waals surface area contributed by atoms with Crippen LogP contribution in [-0.4, -0.2) is 29.5 Å². The third kappa shape index (κ3) is 2.11. The van der Waals surface area contributed by atoms with Crippen LogP contribution in [0.1, 0.15) is 36.1 Å². The topological polar surface area (TPSA) is 69.8 Å². The van der Waals surface area contributed by atoms with Gasteiger partial charge in [0.15, 0.2) is 5.69 Å². The van der Waals surface area contributed by atoms with Crippen LogP contribution >= 0.6 is 0 Å². The molecule has 0 bridgehead atoms. The van der Waals surface area contributed by atoms with E-state index in [0.29, 0.717) is 12.2 Å². The van der Waals surface area contributed by atoms with Crippen LogP contribution in [0.15, 0.2) is 6.33 Å². The van der Waals surface area contributed by atoms with Crippen LogP contribution in [0.25, 0.3) is 0 Å². The number of aromatic amines is 1. The first-order chi connectivity index (χ1) is 6.70. The van der Waals surface area contributed by atoms with Crippen LogP contribution in [0.4, 0.5) is 0 Å². The molecule has 1 rings (SSSR count). The van der Waals surface area contributed by atoms with Crippen molar-refractivity contribution >= 4 is 5.91 Å². The summed E-state index contributed by atoms with van der Waals surface area (Å²) in [6, 6.07) is 0.0927. The molecular formula is C9H16N4O. The lowest BCUT2D eigenvalue weighted by Crippen LogP contribution is -2.26. The van der Waals surface area contributed by atoms with Gasteiger partial charge in [0.25, 0.3) is 5.91 Å². The predicted octanol–water partition coefficient (Wildman–Crippen LogP) is 0.440. The van der Waals surface area contributed by atoms with Gasteiger partial charge in [-0.05, 0) is 20.9 Å². The Morgan fingerprint density at radius 2 is 2.43 bits per heavy atom. The molecule has 0 saturated carbocycles. The van der Waals surface area contributed by atoms with Crippen molar-refractivity contribution in [3.05, 3.63) is 17.7 Å². The van der Waals surface area contributed by atoms with E-state index in [2.05, 4.69) is 20.6 Å². The number of carbonyl (C=O) groups excluding carboxylic acids is 1. The Morgan fingerprint density at radius 1 is 1.71 bits per heavy atom. The number of hydrogen-bond donors (Lipinski definition) is 3. The van der Waals surface area contributed by atoms with Crippen molar-refractivity contribution < 1.29 is 4.79 Å². The van der Waals surface area contributed by atoms with Gasteiger partial charge in [-0.15, -0.1) is 0 Å². The summed E-state index contributed by atoms with van der Waals surface area (Å²) in [6.07, 6.45) is 1.54. The number of nitrogens with one attached hydrogen (secondary N) is 3. The molecule has 0 aromatic carbocycles. The van der Waals surface area contributed by atoms with E-state index in [4.69, 9.17) is 0 Å². The lowest BCUT2D eigenvalue weighted by molar-refractivity contribution is 0.0949. The minimum Gasteiger partial charge on any atom is -0.351 e. The molecule has 1 amide bonds. The second-order valence-corrected chi connectivity index (χ2v) is 3.03. The molecule has 0 radical (unpaired) electrons. The van der Waals surface area contributed by atoms with Crippen LogP contribution in [0.3, 0.4) is 0 Å². The second-order valence-electron chi connectivity index (χ2n) is 3.03. The Kier molecular flexibility index (Phi) is 3.64. The second kappa shape index (κ2) is 4.76. The van der Waals surface area contributed by atoms with Crippen molar-refractivity contribution in [2.75, 3.05) is 13.6 Å². The van der Waals surface area contributed by atoms with Crippen LogP contribution in [0.2, 0.25) is 0 Å². The van der Waals surface area contributed by atoms with Crippen molar-refractivity contribution in [3.8, 4) is 0 Å². The van der Waals surface area contributed by atoms with E-state index in [9.17, 15) is 4.79 Å². The zero-order valence-electron chi connectivity index (χ0n) is 8.72. The van der Waals surface area contributed by atoms with E-state index in [1.165, 1.54) is 6.33 Å². The molecule has 1 aromatic rings. The number of imidazole rings is 1. The lowest BCUT2D eigenvalue weighted by Gasteiger charge is -2.09. The Bertz CT molecular complexity index is 308. The molecule has 0 spiro atoms. The van der Waals surface area contributed by atoms with Crippen LogP contribution in [-0.2, 0) is 0 Å². The van der Waals surface area contributed by atoms with Gasteiger partial charge in [0.1, 0.15) is 0 Å². The smallest absolute Gasteiger partial charge is 0.271 e. The molecule has 0 saturated heterocycles. The fourth-order valence-electron chi connectivity index (χ4n) is 1.20. The van der Waals surface area contributed by atoms with E-state index in [-0.39, 0.29) is 11.9 Å². The van der Waals surface area contributed by atoms with Gasteiger partial charge in [-0.2, -0.15) is 0 Å². The number of hydrogen-bond acceptors (Lipinski definition) is 3. The molecule has 5 heteroatoms. The zero-order valence-corrected chi connectivity index (χ0v) is 8.72.